The summed E-state index contributed by atoms with van der Waals surface area (Å²) in [5.74, 6) is 1.09. The number of aliphatic hydroxyl groups is 1. The zero-order valence-electron chi connectivity index (χ0n) is 12.2. The van der Waals surface area contributed by atoms with Crippen LogP contribution in [-0.2, 0) is 5.60 Å². The Labute approximate surface area is 121 Å². The summed E-state index contributed by atoms with van der Waals surface area (Å²) in [7, 11) is 0. The minimum absolute atomic E-state index is 0.577. The van der Waals surface area contributed by atoms with Gasteiger partial charge in [0.1, 0.15) is 0 Å². The van der Waals surface area contributed by atoms with Crippen LogP contribution < -0.4 is 0 Å². The Hall–Kier alpha value is -0.510. The van der Waals surface area contributed by atoms with Crippen LogP contribution in [0, 0.1) is 0 Å². The molecule has 0 unspecified atom stereocenters. The minimum Gasteiger partial charge on any atom is -0.385 e. The van der Waals surface area contributed by atoms with Crippen molar-refractivity contribution >= 4 is 11.8 Å². The van der Waals surface area contributed by atoms with Crippen LogP contribution >= 0.6 is 11.8 Å². The lowest BCUT2D eigenvalue weighted by atomic mass is 9.84. The van der Waals surface area contributed by atoms with Crippen molar-refractivity contribution in [1.82, 2.24) is 4.90 Å². The van der Waals surface area contributed by atoms with Gasteiger partial charge in [0.05, 0.1) is 5.60 Å². The van der Waals surface area contributed by atoms with E-state index in [1.807, 2.05) is 11.8 Å². The maximum absolute atomic E-state index is 10.8. The minimum atomic E-state index is -0.624. The van der Waals surface area contributed by atoms with Gasteiger partial charge in [-0.15, -0.1) is 11.8 Å². The average Bonchev–Trinajstić information content (AvgIpc) is 2.40. The summed E-state index contributed by atoms with van der Waals surface area (Å²) < 4.78 is 0. The first-order chi connectivity index (χ1) is 9.05. The maximum Gasteiger partial charge on any atom is 0.0920 e. The van der Waals surface area contributed by atoms with E-state index in [-0.39, 0.29) is 0 Å². The van der Waals surface area contributed by atoms with E-state index in [1.165, 1.54) is 4.90 Å². The largest absolute Gasteiger partial charge is 0.385 e. The second-order valence-electron chi connectivity index (χ2n) is 5.62. The highest BCUT2D eigenvalue weighted by atomic mass is 32.2. The molecule has 1 aliphatic rings. The van der Waals surface area contributed by atoms with Crippen molar-refractivity contribution in [2.75, 3.05) is 18.8 Å². The monoisotopic (exact) mass is 279 g/mol. The molecule has 0 amide bonds. The van der Waals surface area contributed by atoms with Gasteiger partial charge in [-0.3, -0.25) is 0 Å². The van der Waals surface area contributed by atoms with Gasteiger partial charge in [0.15, 0.2) is 0 Å². The molecular weight excluding hydrogens is 254 g/mol. The van der Waals surface area contributed by atoms with Crippen LogP contribution in [0.15, 0.2) is 29.2 Å². The van der Waals surface area contributed by atoms with Crippen molar-refractivity contribution in [2.45, 2.75) is 50.2 Å². The van der Waals surface area contributed by atoms with Crippen molar-refractivity contribution in [3.8, 4) is 0 Å². The number of benzene rings is 1. The lowest BCUT2D eigenvalue weighted by molar-refractivity contribution is -0.0324. The van der Waals surface area contributed by atoms with Gasteiger partial charge in [-0.25, -0.2) is 0 Å². The summed E-state index contributed by atoms with van der Waals surface area (Å²) in [4.78, 5) is 3.73. The van der Waals surface area contributed by atoms with Crippen LogP contribution in [0.2, 0.25) is 0 Å². The van der Waals surface area contributed by atoms with Gasteiger partial charge in [0, 0.05) is 24.0 Å². The summed E-state index contributed by atoms with van der Waals surface area (Å²) >= 11 is 1.84. The molecule has 1 N–H and O–H groups in total. The van der Waals surface area contributed by atoms with Crippen LogP contribution in [0.1, 0.15) is 39.2 Å². The molecule has 0 radical (unpaired) electrons. The topological polar surface area (TPSA) is 23.5 Å². The van der Waals surface area contributed by atoms with Crippen LogP contribution in [0.25, 0.3) is 0 Å². The first kappa shape index (κ1) is 14.9. The molecule has 1 fully saturated rings. The Bertz CT molecular complexity index is 394. The lowest BCUT2D eigenvalue weighted by Gasteiger charge is -2.40. The molecule has 1 aromatic rings. The van der Waals surface area contributed by atoms with Crippen molar-refractivity contribution in [3.63, 3.8) is 0 Å². The molecule has 3 heteroatoms. The van der Waals surface area contributed by atoms with Crippen molar-refractivity contribution in [2.24, 2.45) is 0 Å². The summed E-state index contributed by atoms with van der Waals surface area (Å²) in [5.41, 5.74) is 0.456. The van der Waals surface area contributed by atoms with Crippen molar-refractivity contribution < 1.29 is 5.11 Å². The molecule has 0 aromatic heterocycles. The third-order valence-electron chi connectivity index (χ3n) is 4.06. The SMILES string of the molecule is CCSc1ccc(C2(O)CCN(C(C)C)CC2)cc1. The zero-order chi connectivity index (χ0) is 13.9. The molecule has 0 bridgehead atoms. The molecule has 1 aromatic carbocycles. The lowest BCUT2D eigenvalue weighted by Crippen LogP contribution is -2.45. The van der Waals surface area contributed by atoms with Crippen molar-refractivity contribution in [1.29, 1.82) is 0 Å². The fourth-order valence-corrected chi connectivity index (χ4v) is 3.39. The van der Waals surface area contributed by atoms with E-state index in [9.17, 15) is 5.11 Å². The maximum atomic E-state index is 10.8. The highest BCUT2D eigenvalue weighted by Crippen LogP contribution is 2.34. The van der Waals surface area contributed by atoms with E-state index < -0.39 is 5.60 Å². The van der Waals surface area contributed by atoms with Crippen molar-refractivity contribution in [3.05, 3.63) is 29.8 Å². The van der Waals surface area contributed by atoms with E-state index in [4.69, 9.17) is 0 Å². The molecule has 0 saturated carbocycles. The van der Waals surface area contributed by atoms with E-state index in [2.05, 4.69) is 49.9 Å². The molecule has 106 valence electrons. The summed E-state index contributed by atoms with van der Waals surface area (Å²) in [5, 5.41) is 10.8. The molecule has 1 saturated heterocycles. The number of rotatable bonds is 4. The van der Waals surface area contributed by atoms with Gasteiger partial charge in [-0.1, -0.05) is 19.1 Å². The molecule has 0 aliphatic carbocycles. The third-order valence-corrected chi connectivity index (χ3v) is 4.95. The number of hydrogen-bond acceptors (Lipinski definition) is 3. The second kappa shape index (κ2) is 6.29. The predicted octanol–water partition coefficient (Wildman–Crippen LogP) is 3.49. The Balaban J connectivity index is 2.04. The molecule has 1 heterocycles. The zero-order valence-corrected chi connectivity index (χ0v) is 13.0. The Morgan fingerprint density at radius 3 is 2.26 bits per heavy atom. The summed E-state index contributed by atoms with van der Waals surface area (Å²) in [6, 6.07) is 9.05. The predicted molar refractivity (Wildman–Crippen MR) is 82.7 cm³/mol. The van der Waals surface area contributed by atoms with Gasteiger partial charge in [0.2, 0.25) is 0 Å². The van der Waals surface area contributed by atoms with Gasteiger partial charge >= 0.3 is 0 Å². The van der Waals surface area contributed by atoms with Gasteiger partial charge < -0.3 is 10.0 Å². The fourth-order valence-electron chi connectivity index (χ4n) is 2.73. The summed E-state index contributed by atoms with van der Waals surface area (Å²) in [6.45, 7) is 8.58. The fraction of sp³-hybridized carbons (Fsp3) is 0.625. The number of likely N-dealkylation sites (tertiary alicyclic amines) is 1. The molecular formula is C16H25NOS. The molecule has 19 heavy (non-hydrogen) atoms. The quantitative estimate of drug-likeness (QED) is 0.854. The molecule has 0 spiro atoms. The smallest absolute Gasteiger partial charge is 0.0920 e. The standard InChI is InChI=1S/C16H25NOS/c1-4-19-15-7-5-14(6-8-15)16(18)9-11-17(12-10-16)13(2)3/h5-8,13,18H,4,9-12H2,1-3H3. The molecule has 2 nitrogen and oxygen atoms in total. The molecule has 0 atom stereocenters. The first-order valence-corrected chi connectivity index (χ1v) is 8.23. The highest BCUT2D eigenvalue weighted by molar-refractivity contribution is 7.99. The number of hydrogen-bond donors (Lipinski definition) is 1. The number of nitrogens with zero attached hydrogens (tertiary/aromatic N) is 1. The van der Waals surface area contributed by atoms with Crippen LogP contribution in [0.4, 0.5) is 0 Å². The molecule has 2 rings (SSSR count). The molecule has 1 aliphatic heterocycles. The number of thioether (sulfide) groups is 1. The van der Waals surface area contributed by atoms with E-state index >= 15 is 0 Å². The third kappa shape index (κ3) is 3.53. The van der Waals surface area contributed by atoms with Gasteiger partial charge in [-0.2, -0.15) is 0 Å². The van der Waals surface area contributed by atoms with Crippen LogP contribution in [0.3, 0.4) is 0 Å². The van der Waals surface area contributed by atoms with Crippen LogP contribution in [-0.4, -0.2) is 34.9 Å². The van der Waals surface area contributed by atoms with E-state index in [0.717, 1.165) is 37.2 Å². The number of piperidine rings is 1. The normalized spacial score (nSPS) is 19.8. The van der Waals surface area contributed by atoms with Gasteiger partial charge in [-0.05, 0) is 50.1 Å². The van der Waals surface area contributed by atoms with E-state index in [1.54, 1.807) is 0 Å². The Morgan fingerprint density at radius 2 is 1.79 bits per heavy atom. The van der Waals surface area contributed by atoms with Gasteiger partial charge in [0.25, 0.3) is 0 Å². The Morgan fingerprint density at radius 1 is 1.21 bits per heavy atom. The van der Waals surface area contributed by atoms with Crippen LogP contribution in [0.5, 0.6) is 0 Å². The summed E-state index contributed by atoms with van der Waals surface area (Å²) in [6.07, 6.45) is 1.68. The Kier molecular flexibility index (Phi) is 4.93. The first-order valence-electron chi connectivity index (χ1n) is 7.25. The second-order valence-corrected chi connectivity index (χ2v) is 6.96. The average molecular weight is 279 g/mol. The van der Waals surface area contributed by atoms with E-state index in [0.29, 0.717) is 6.04 Å². The highest BCUT2D eigenvalue weighted by Gasteiger charge is 2.34.